The molecule has 0 fully saturated rings. The van der Waals surface area contributed by atoms with Gasteiger partial charge in [-0.15, -0.1) is 0 Å². The number of aliphatic hydroxyl groups excluding tert-OH is 1. The first-order valence-electron chi connectivity index (χ1n) is 8.43. The molecular weight excluding hydrogens is 350 g/mol. The van der Waals surface area contributed by atoms with E-state index in [1.165, 1.54) is 0 Å². The fraction of sp³-hybridized carbons (Fsp3) is 0.190. The number of rotatable bonds is 3. The molecule has 1 aromatic heterocycles. The summed E-state index contributed by atoms with van der Waals surface area (Å²) in [4.78, 5) is 4.44. The van der Waals surface area contributed by atoms with E-state index in [1.54, 1.807) is 6.07 Å². The number of pyridine rings is 1. The summed E-state index contributed by atoms with van der Waals surface area (Å²) in [5, 5.41) is 9.61. The third-order valence-electron chi connectivity index (χ3n) is 4.56. The predicted octanol–water partition coefficient (Wildman–Crippen LogP) is 4.64. The zero-order chi connectivity index (χ0) is 18.1. The van der Waals surface area contributed by atoms with E-state index in [1.807, 2.05) is 36.4 Å². The number of halogens is 1. The SMILES string of the molecule is Cc1c(-c2ccc3c(c2)OCCO3)cccc1-c1ccc(CO)c(Cl)n1. The van der Waals surface area contributed by atoms with Gasteiger partial charge in [-0.25, -0.2) is 4.98 Å². The van der Waals surface area contributed by atoms with Crippen LogP contribution in [0.4, 0.5) is 0 Å². The second-order valence-corrected chi connectivity index (χ2v) is 6.50. The van der Waals surface area contributed by atoms with Crippen molar-refractivity contribution in [2.75, 3.05) is 13.2 Å². The Balaban J connectivity index is 1.78. The Labute approximate surface area is 157 Å². The first-order chi connectivity index (χ1) is 12.7. The molecule has 2 aromatic carbocycles. The largest absolute Gasteiger partial charge is 0.486 e. The Morgan fingerprint density at radius 3 is 2.54 bits per heavy atom. The normalized spacial score (nSPS) is 12.9. The molecule has 26 heavy (non-hydrogen) atoms. The van der Waals surface area contributed by atoms with Gasteiger partial charge in [0.25, 0.3) is 0 Å². The van der Waals surface area contributed by atoms with Gasteiger partial charge < -0.3 is 14.6 Å². The molecule has 0 radical (unpaired) electrons. The molecular formula is C21H18ClNO3. The fourth-order valence-electron chi connectivity index (χ4n) is 3.17. The average Bonchev–Trinajstić information content (AvgIpc) is 2.68. The lowest BCUT2D eigenvalue weighted by atomic mass is 9.94. The lowest BCUT2D eigenvalue weighted by Gasteiger charge is -2.19. The number of fused-ring (bicyclic) bond motifs is 1. The van der Waals surface area contributed by atoms with Crippen LogP contribution in [0.1, 0.15) is 11.1 Å². The van der Waals surface area contributed by atoms with Gasteiger partial charge in [-0.2, -0.15) is 0 Å². The smallest absolute Gasteiger partial charge is 0.161 e. The maximum Gasteiger partial charge on any atom is 0.161 e. The molecule has 0 atom stereocenters. The van der Waals surface area contributed by atoms with Crippen molar-refractivity contribution >= 4 is 11.6 Å². The lowest BCUT2D eigenvalue weighted by molar-refractivity contribution is 0.171. The van der Waals surface area contributed by atoms with E-state index in [-0.39, 0.29) is 6.61 Å². The standard InChI is InChI=1S/C21H18ClNO3/c1-13-16(14-6-8-19-20(11-14)26-10-9-25-19)3-2-4-17(13)18-7-5-15(12-24)21(22)23-18/h2-8,11,24H,9-10,12H2,1H3. The molecule has 0 saturated heterocycles. The molecule has 1 N–H and O–H groups in total. The van der Waals surface area contributed by atoms with Gasteiger partial charge in [-0.1, -0.05) is 41.9 Å². The number of ether oxygens (including phenoxy) is 2. The van der Waals surface area contributed by atoms with Crippen LogP contribution in [-0.2, 0) is 6.61 Å². The summed E-state index contributed by atoms with van der Waals surface area (Å²) in [7, 11) is 0. The van der Waals surface area contributed by atoms with Gasteiger partial charge in [0, 0.05) is 11.1 Å². The van der Waals surface area contributed by atoms with Gasteiger partial charge in [-0.05, 0) is 41.8 Å². The van der Waals surface area contributed by atoms with E-state index in [4.69, 9.17) is 21.1 Å². The maximum absolute atomic E-state index is 9.28. The van der Waals surface area contributed by atoms with E-state index in [0.29, 0.717) is 23.9 Å². The Morgan fingerprint density at radius 1 is 1.00 bits per heavy atom. The molecule has 0 unspecified atom stereocenters. The molecule has 1 aliphatic heterocycles. The number of aliphatic hydroxyl groups is 1. The average molecular weight is 368 g/mol. The molecule has 0 bridgehead atoms. The summed E-state index contributed by atoms with van der Waals surface area (Å²) in [6.45, 7) is 3.09. The highest BCUT2D eigenvalue weighted by atomic mass is 35.5. The summed E-state index contributed by atoms with van der Waals surface area (Å²) in [5.74, 6) is 1.55. The first kappa shape index (κ1) is 16.9. The molecule has 4 nitrogen and oxygen atoms in total. The van der Waals surface area contributed by atoms with E-state index in [0.717, 1.165) is 39.4 Å². The second-order valence-electron chi connectivity index (χ2n) is 6.14. The number of aromatic nitrogens is 1. The van der Waals surface area contributed by atoms with Crippen LogP contribution in [0.3, 0.4) is 0 Å². The van der Waals surface area contributed by atoms with Crippen LogP contribution in [0.2, 0.25) is 5.15 Å². The fourth-order valence-corrected chi connectivity index (χ4v) is 3.38. The molecule has 5 heteroatoms. The molecule has 3 aromatic rings. The second kappa shape index (κ2) is 6.98. The van der Waals surface area contributed by atoms with Crippen LogP contribution < -0.4 is 9.47 Å². The summed E-state index contributed by atoms with van der Waals surface area (Å²) in [5.41, 5.74) is 5.67. The molecule has 0 amide bonds. The highest BCUT2D eigenvalue weighted by Gasteiger charge is 2.15. The summed E-state index contributed by atoms with van der Waals surface area (Å²) < 4.78 is 11.3. The zero-order valence-electron chi connectivity index (χ0n) is 14.3. The molecule has 1 aliphatic rings. The van der Waals surface area contributed by atoms with Crippen molar-refractivity contribution < 1.29 is 14.6 Å². The molecule has 132 valence electrons. The van der Waals surface area contributed by atoms with Crippen molar-refractivity contribution in [3.63, 3.8) is 0 Å². The van der Waals surface area contributed by atoms with Gasteiger partial charge in [0.15, 0.2) is 11.5 Å². The highest BCUT2D eigenvalue weighted by molar-refractivity contribution is 6.30. The first-order valence-corrected chi connectivity index (χ1v) is 8.81. The monoisotopic (exact) mass is 367 g/mol. The van der Waals surface area contributed by atoms with Gasteiger partial charge >= 0.3 is 0 Å². The Kier molecular flexibility index (Phi) is 4.53. The summed E-state index contributed by atoms with van der Waals surface area (Å²) in [6, 6.07) is 15.8. The minimum absolute atomic E-state index is 0.123. The van der Waals surface area contributed by atoms with E-state index < -0.39 is 0 Å². The minimum atomic E-state index is -0.123. The van der Waals surface area contributed by atoms with Gasteiger partial charge in [0.1, 0.15) is 18.4 Å². The quantitative estimate of drug-likeness (QED) is 0.685. The van der Waals surface area contributed by atoms with Gasteiger partial charge in [-0.3, -0.25) is 0 Å². The molecule has 0 saturated carbocycles. The van der Waals surface area contributed by atoms with Crippen LogP contribution in [0.5, 0.6) is 11.5 Å². The third kappa shape index (κ3) is 3.02. The number of hydrogen-bond acceptors (Lipinski definition) is 4. The van der Waals surface area contributed by atoms with Crippen LogP contribution >= 0.6 is 11.6 Å². The molecule has 2 heterocycles. The predicted molar refractivity (Wildman–Crippen MR) is 102 cm³/mol. The molecule has 0 aliphatic carbocycles. The zero-order valence-corrected chi connectivity index (χ0v) is 15.1. The van der Waals surface area contributed by atoms with Crippen LogP contribution in [0.25, 0.3) is 22.4 Å². The highest BCUT2D eigenvalue weighted by Crippen LogP contribution is 2.37. The van der Waals surface area contributed by atoms with Crippen molar-refractivity contribution in [1.82, 2.24) is 4.98 Å². The summed E-state index contributed by atoms with van der Waals surface area (Å²) >= 11 is 6.17. The Bertz CT molecular complexity index is 971. The summed E-state index contributed by atoms with van der Waals surface area (Å²) in [6.07, 6.45) is 0. The van der Waals surface area contributed by atoms with Gasteiger partial charge in [0.05, 0.1) is 12.3 Å². The maximum atomic E-state index is 9.28. The number of nitrogens with zero attached hydrogens (tertiary/aromatic N) is 1. The molecule has 0 spiro atoms. The van der Waals surface area contributed by atoms with Gasteiger partial charge in [0.2, 0.25) is 0 Å². The van der Waals surface area contributed by atoms with Crippen molar-refractivity contribution in [2.45, 2.75) is 13.5 Å². The van der Waals surface area contributed by atoms with Crippen LogP contribution in [0.15, 0.2) is 48.5 Å². The van der Waals surface area contributed by atoms with E-state index in [2.05, 4.69) is 18.0 Å². The van der Waals surface area contributed by atoms with Crippen LogP contribution in [0, 0.1) is 6.92 Å². The third-order valence-corrected chi connectivity index (χ3v) is 4.89. The minimum Gasteiger partial charge on any atom is -0.486 e. The number of hydrogen-bond donors (Lipinski definition) is 1. The van der Waals surface area contributed by atoms with Crippen molar-refractivity contribution in [3.8, 4) is 33.9 Å². The van der Waals surface area contributed by atoms with Crippen molar-refractivity contribution in [3.05, 3.63) is 64.8 Å². The van der Waals surface area contributed by atoms with E-state index in [9.17, 15) is 5.11 Å². The Hall–Kier alpha value is -2.56. The van der Waals surface area contributed by atoms with Crippen molar-refractivity contribution in [2.24, 2.45) is 0 Å². The lowest BCUT2D eigenvalue weighted by Crippen LogP contribution is -2.15. The van der Waals surface area contributed by atoms with E-state index >= 15 is 0 Å². The Morgan fingerprint density at radius 2 is 1.77 bits per heavy atom. The topological polar surface area (TPSA) is 51.6 Å². The van der Waals surface area contributed by atoms with Crippen LogP contribution in [-0.4, -0.2) is 23.3 Å². The molecule has 4 rings (SSSR count). The van der Waals surface area contributed by atoms with Crippen molar-refractivity contribution in [1.29, 1.82) is 0 Å². The number of benzene rings is 2.